The first-order chi connectivity index (χ1) is 13.8. The summed E-state index contributed by atoms with van der Waals surface area (Å²) in [5.74, 6) is 0.0157. The molecule has 2 aromatic carbocycles. The molecule has 0 aliphatic carbocycles. The maximum Gasteiger partial charge on any atom is 0.218 e. The van der Waals surface area contributed by atoms with Gasteiger partial charge in [0.05, 0.1) is 22.1 Å². The number of benzene rings is 2. The van der Waals surface area contributed by atoms with Crippen molar-refractivity contribution in [3.63, 3.8) is 0 Å². The lowest BCUT2D eigenvalue weighted by Crippen LogP contribution is -2.07. The molecule has 0 spiro atoms. The van der Waals surface area contributed by atoms with Crippen LogP contribution in [0.1, 0.15) is 11.1 Å². The highest BCUT2D eigenvalue weighted by Crippen LogP contribution is 2.41. The van der Waals surface area contributed by atoms with Crippen LogP contribution in [-0.2, 0) is 0 Å². The van der Waals surface area contributed by atoms with Gasteiger partial charge in [0.2, 0.25) is 5.06 Å². The smallest absolute Gasteiger partial charge is 0.218 e. The second-order valence-corrected chi connectivity index (χ2v) is 7.86. The molecule has 0 aliphatic rings. The van der Waals surface area contributed by atoms with Crippen LogP contribution in [0.4, 0.5) is 10.1 Å². The average molecular weight is 449 g/mol. The molecule has 148 valence electrons. The maximum absolute atomic E-state index is 13.3. The van der Waals surface area contributed by atoms with Crippen molar-refractivity contribution in [2.24, 2.45) is 4.99 Å². The van der Waals surface area contributed by atoms with Crippen molar-refractivity contribution in [3.8, 4) is 28.1 Å². The lowest BCUT2D eigenvalue weighted by molar-refractivity contribution is 0.491. The van der Waals surface area contributed by atoms with Crippen molar-refractivity contribution in [2.45, 2.75) is 6.92 Å². The number of hydrogen-bond acceptors (Lipinski definition) is 5. The molecule has 0 bridgehead atoms. The van der Waals surface area contributed by atoms with Crippen LogP contribution in [0.2, 0.25) is 10.0 Å². The van der Waals surface area contributed by atoms with E-state index in [9.17, 15) is 9.65 Å². The fraction of sp³-hybridized carbons (Fsp3) is 0.150. The van der Waals surface area contributed by atoms with E-state index in [2.05, 4.69) is 15.4 Å². The Labute approximate surface area is 181 Å². The van der Waals surface area contributed by atoms with E-state index in [4.69, 9.17) is 27.9 Å². The van der Waals surface area contributed by atoms with E-state index in [1.165, 1.54) is 18.2 Å². The third-order valence-electron chi connectivity index (χ3n) is 3.83. The summed E-state index contributed by atoms with van der Waals surface area (Å²) in [6.45, 7) is 1.85. The Balaban J connectivity index is 1.97. The van der Waals surface area contributed by atoms with Crippen LogP contribution in [-0.4, -0.2) is 29.7 Å². The molecule has 1 aromatic heterocycles. The van der Waals surface area contributed by atoms with Gasteiger partial charge in [-0.3, -0.25) is 0 Å². The molecule has 5 nitrogen and oxygen atoms in total. The molecule has 0 unspecified atom stereocenters. The summed E-state index contributed by atoms with van der Waals surface area (Å²) in [5.41, 5.74) is 2.41. The van der Waals surface area contributed by atoms with E-state index < -0.39 is 5.82 Å². The number of rotatable bonds is 5. The minimum atomic E-state index is -0.466. The quantitative estimate of drug-likeness (QED) is 0.332. The molecule has 0 amide bonds. The van der Waals surface area contributed by atoms with Crippen molar-refractivity contribution in [1.82, 2.24) is 9.27 Å². The van der Waals surface area contributed by atoms with Gasteiger partial charge >= 0.3 is 0 Å². The largest absolute Gasteiger partial charge is 0.443 e. The average Bonchev–Trinajstić information content (AvgIpc) is 3.05. The van der Waals surface area contributed by atoms with E-state index >= 15 is 0 Å². The molecule has 9 heteroatoms. The minimum absolute atomic E-state index is 0.167. The van der Waals surface area contributed by atoms with Gasteiger partial charge in [-0.1, -0.05) is 23.2 Å². The standard InChI is InChI=1S/C20H15Cl2FN4OS/c1-11-6-17(25-10-27(2)3)16(22)8-18(11)28-20-14(9-24)19(26-29-20)13-5-4-12(23)7-15(13)21/h4-8,10H,1-3H3/b25-10-. The summed E-state index contributed by atoms with van der Waals surface area (Å²) in [4.78, 5) is 6.11. The van der Waals surface area contributed by atoms with Gasteiger partial charge in [0.15, 0.2) is 0 Å². The van der Waals surface area contributed by atoms with Crippen molar-refractivity contribution >= 4 is 46.8 Å². The molecule has 0 aliphatic heterocycles. The molecular weight excluding hydrogens is 434 g/mol. The Morgan fingerprint density at radius 3 is 2.66 bits per heavy atom. The topological polar surface area (TPSA) is 61.5 Å². The van der Waals surface area contributed by atoms with E-state index in [-0.39, 0.29) is 10.6 Å². The first-order valence-corrected chi connectivity index (χ1v) is 9.87. The number of hydrogen-bond donors (Lipinski definition) is 0. The van der Waals surface area contributed by atoms with Crippen LogP contribution in [0, 0.1) is 24.1 Å². The second-order valence-electron chi connectivity index (χ2n) is 6.31. The van der Waals surface area contributed by atoms with Crippen molar-refractivity contribution in [3.05, 3.63) is 57.3 Å². The van der Waals surface area contributed by atoms with E-state index in [1.807, 2.05) is 21.0 Å². The summed E-state index contributed by atoms with van der Waals surface area (Å²) in [5, 5.41) is 10.5. The zero-order valence-corrected chi connectivity index (χ0v) is 18.0. The van der Waals surface area contributed by atoms with Crippen LogP contribution in [0.5, 0.6) is 10.8 Å². The summed E-state index contributed by atoms with van der Waals surface area (Å²) in [6, 6.07) is 9.45. The van der Waals surface area contributed by atoms with Crippen molar-refractivity contribution < 1.29 is 9.13 Å². The predicted molar refractivity (Wildman–Crippen MR) is 115 cm³/mol. The summed E-state index contributed by atoms with van der Waals surface area (Å²) in [6.07, 6.45) is 1.65. The summed E-state index contributed by atoms with van der Waals surface area (Å²) in [7, 11) is 3.72. The third-order valence-corrected chi connectivity index (χ3v) is 5.18. The highest BCUT2D eigenvalue weighted by Gasteiger charge is 2.20. The molecule has 0 saturated carbocycles. The van der Waals surface area contributed by atoms with Gasteiger partial charge < -0.3 is 9.64 Å². The Kier molecular flexibility index (Phi) is 6.38. The number of aromatic nitrogens is 1. The number of aryl methyl sites for hydroxylation is 1. The van der Waals surface area contributed by atoms with Crippen molar-refractivity contribution in [2.75, 3.05) is 14.1 Å². The molecule has 29 heavy (non-hydrogen) atoms. The second kappa shape index (κ2) is 8.78. The number of halogens is 3. The number of nitrogens with zero attached hydrogens (tertiary/aromatic N) is 4. The van der Waals surface area contributed by atoms with E-state index in [0.29, 0.717) is 32.8 Å². The Morgan fingerprint density at radius 2 is 2.00 bits per heavy atom. The number of aliphatic imine (C=N–C) groups is 1. The zero-order valence-electron chi connectivity index (χ0n) is 15.7. The number of nitriles is 1. The van der Waals surface area contributed by atoms with Crippen LogP contribution in [0.25, 0.3) is 11.3 Å². The highest BCUT2D eigenvalue weighted by molar-refractivity contribution is 7.08. The normalized spacial score (nSPS) is 10.9. The third kappa shape index (κ3) is 4.67. The summed E-state index contributed by atoms with van der Waals surface area (Å²) >= 11 is 13.4. The van der Waals surface area contributed by atoms with E-state index in [1.54, 1.807) is 23.4 Å². The Morgan fingerprint density at radius 1 is 1.24 bits per heavy atom. The fourth-order valence-electron chi connectivity index (χ4n) is 2.44. The fourth-order valence-corrected chi connectivity index (χ4v) is 3.63. The SMILES string of the molecule is Cc1cc(/N=C\N(C)C)c(Cl)cc1Oc1snc(-c2ccc(F)cc2Cl)c1C#N. The van der Waals surface area contributed by atoms with Crippen LogP contribution in [0.15, 0.2) is 35.3 Å². The zero-order chi connectivity index (χ0) is 21.1. The van der Waals surface area contributed by atoms with Gasteiger partial charge in [-0.05, 0) is 36.8 Å². The van der Waals surface area contributed by atoms with E-state index in [0.717, 1.165) is 17.1 Å². The molecule has 3 rings (SSSR count). The first kappa shape index (κ1) is 21.1. The highest BCUT2D eigenvalue weighted by atomic mass is 35.5. The minimum Gasteiger partial charge on any atom is -0.443 e. The predicted octanol–water partition coefficient (Wildman–Crippen LogP) is 6.45. The Bertz CT molecular complexity index is 1140. The first-order valence-electron chi connectivity index (χ1n) is 8.34. The molecule has 0 atom stereocenters. The molecule has 3 aromatic rings. The molecule has 0 saturated heterocycles. The lowest BCUT2D eigenvalue weighted by Gasteiger charge is -2.10. The van der Waals surface area contributed by atoms with Crippen LogP contribution in [0.3, 0.4) is 0 Å². The lowest BCUT2D eigenvalue weighted by atomic mass is 10.1. The molecule has 0 radical (unpaired) electrons. The van der Waals surface area contributed by atoms with Gasteiger partial charge in [-0.25, -0.2) is 9.38 Å². The van der Waals surface area contributed by atoms with Crippen LogP contribution >= 0.6 is 34.7 Å². The molecule has 0 fully saturated rings. The molecular formula is C20H15Cl2FN4OS. The molecule has 0 N–H and O–H groups in total. The van der Waals surface area contributed by atoms with Crippen molar-refractivity contribution in [1.29, 1.82) is 5.26 Å². The van der Waals surface area contributed by atoms with Gasteiger partial charge in [-0.15, -0.1) is 0 Å². The summed E-state index contributed by atoms with van der Waals surface area (Å²) < 4.78 is 23.6. The van der Waals surface area contributed by atoms with Gasteiger partial charge in [-0.2, -0.15) is 9.64 Å². The monoisotopic (exact) mass is 448 g/mol. The van der Waals surface area contributed by atoms with Gasteiger partial charge in [0.1, 0.15) is 28.9 Å². The molecule has 1 heterocycles. The van der Waals surface area contributed by atoms with Crippen LogP contribution < -0.4 is 4.74 Å². The Hall–Kier alpha value is -2.66. The number of ether oxygens (including phenoxy) is 1. The van der Waals surface area contributed by atoms with Gasteiger partial charge in [0, 0.05) is 37.3 Å². The van der Waals surface area contributed by atoms with Gasteiger partial charge in [0.25, 0.3) is 0 Å². The maximum atomic E-state index is 13.3.